The molecule has 6 heteroatoms. The van der Waals surface area contributed by atoms with Gasteiger partial charge in [0.1, 0.15) is 0 Å². The normalized spacial score (nSPS) is 14.6. The first-order valence-corrected chi connectivity index (χ1v) is 7.13. The molecule has 2 rings (SSSR count). The first kappa shape index (κ1) is 14.7. The van der Waals surface area contributed by atoms with Gasteiger partial charge in [-0.25, -0.2) is 0 Å². The van der Waals surface area contributed by atoms with Crippen LogP contribution in [-0.4, -0.2) is 22.4 Å². The molecule has 0 amide bonds. The third-order valence-corrected chi connectivity index (χ3v) is 3.69. The Labute approximate surface area is 119 Å². The molecule has 0 bridgehead atoms. The Morgan fingerprint density at radius 2 is 2.25 bits per heavy atom. The molecular formula is C14H22N4O2. The zero-order valence-electron chi connectivity index (χ0n) is 11.8. The molecule has 110 valence electrons. The van der Waals surface area contributed by atoms with Crippen molar-refractivity contribution in [1.82, 2.24) is 4.90 Å². The number of rotatable bonds is 8. The van der Waals surface area contributed by atoms with E-state index in [1.165, 1.54) is 18.9 Å². The van der Waals surface area contributed by atoms with Crippen molar-refractivity contribution in [2.45, 2.75) is 45.2 Å². The van der Waals surface area contributed by atoms with E-state index in [4.69, 9.17) is 5.84 Å². The lowest BCUT2D eigenvalue weighted by Gasteiger charge is -2.23. The van der Waals surface area contributed by atoms with E-state index >= 15 is 0 Å². The van der Waals surface area contributed by atoms with Gasteiger partial charge < -0.3 is 5.43 Å². The van der Waals surface area contributed by atoms with Crippen LogP contribution in [0.25, 0.3) is 0 Å². The zero-order chi connectivity index (χ0) is 14.5. The molecule has 3 N–H and O–H groups in total. The molecule has 0 spiro atoms. The van der Waals surface area contributed by atoms with E-state index < -0.39 is 0 Å². The van der Waals surface area contributed by atoms with Crippen LogP contribution in [0, 0.1) is 10.1 Å². The number of unbranched alkanes of at least 4 members (excludes halogenated alkanes) is 1. The van der Waals surface area contributed by atoms with E-state index in [0.29, 0.717) is 12.6 Å². The highest BCUT2D eigenvalue weighted by Gasteiger charge is 2.29. The average molecular weight is 278 g/mol. The van der Waals surface area contributed by atoms with Crippen LogP contribution in [0.15, 0.2) is 18.2 Å². The lowest BCUT2D eigenvalue weighted by molar-refractivity contribution is -0.384. The summed E-state index contributed by atoms with van der Waals surface area (Å²) in [4.78, 5) is 12.9. The molecule has 1 aliphatic rings. The first-order valence-electron chi connectivity index (χ1n) is 7.13. The Morgan fingerprint density at radius 3 is 2.80 bits per heavy atom. The maximum Gasteiger partial charge on any atom is 0.269 e. The third-order valence-electron chi connectivity index (χ3n) is 3.69. The van der Waals surface area contributed by atoms with Gasteiger partial charge in [0.2, 0.25) is 0 Å². The van der Waals surface area contributed by atoms with Gasteiger partial charge in [-0.2, -0.15) is 0 Å². The highest BCUT2D eigenvalue weighted by Crippen LogP contribution is 2.31. The van der Waals surface area contributed by atoms with Gasteiger partial charge in [0.05, 0.1) is 10.6 Å². The maximum absolute atomic E-state index is 10.9. The fraction of sp³-hybridized carbons (Fsp3) is 0.571. The summed E-state index contributed by atoms with van der Waals surface area (Å²) in [6.07, 6.45) is 4.75. The lowest BCUT2D eigenvalue weighted by atomic mass is 10.1. The molecule has 1 aromatic rings. The largest absolute Gasteiger partial charge is 0.324 e. The summed E-state index contributed by atoms with van der Waals surface area (Å²) in [5, 5.41) is 10.9. The Balaban J connectivity index is 2.16. The number of benzene rings is 1. The van der Waals surface area contributed by atoms with Crippen LogP contribution in [0.2, 0.25) is 0 Å². The Kier molecular flexibility index (Phi) is 4.92. The molecule has 6 nitrogen and oxygen atoms in total. The monoisotopic (exact) mass is 278 g/mol. The molecule has 1 aromatic carbocycles. The number of nitro groups is 1. The van der Waals surface area contributed by atoms with Crippen molar-refractivity contribution < 1.29 is 4.92 Å². The number of nitrogen functional groups attached to an aromatic ring is 1. The van der Waals surface area contributed by atoms with Crippen LogP contribution in [-0.2, 0) is 6.54 Å². The highest BCUT2D eigenvalue weighted by atomic mass is 16.6. The quantitative estimate of drug-likeness (QED) is 0.434. The predicted molar refractivity (Wildman–Crippen MR) is 79.2 cm³/mol. The molecule has 0 aliphatic heterocycles. The summed E-state index contributed by atoms with van der Waals surface area (Å²) in [5.41, 5.74) is 4.40. The third kappa shape index (κ3) is 3.68. The van der Waals surface area contributed by atoms with Gasteiger partial charge in [-0.05, 0) is 37.4 Å². The number of anilines is 1. The summed E-state index contributed by atoms with van der Waals surface area (Å²) in [7, 11) is 0. The number of hydrogen-bond acceptors (Lipinski definition) is 5. The van der Waals surface area contributed by atoms with Gasteiger partial charge in [0.15, 0.2) is 0 Å². The Hall–Kier alpha value is -1.66. The molecule has 0 heterocycles. The molecule has 1 saturated carbocycles. The van der Waals surface area contributed by atoms with Crippen LogP contribution in [0.3, 0.4) is 0 Å². The summed E-state index contributed by atoms with van der Waals surface area (Å²) in [6.45, 7) is 3.92. The summed E-state index contributed by atoms with van der Waals surface area (Å²) >= 11 is 0. The van der Waals surface area contributed by atoms with E-state index in [1.807, 2.05) is 0 Å². The van der Waals surface area contributed by atoms with Crippen molar-refractivity contribution in [2.24, 2.45) is 5.84 Å². The van der Waals surface area contributed by atoms with Crippen molar-refractivity contribution in [3.8, 4) is 0 Å². The van der Waals surface area contributed by atoms with E-state index in [-0.39, 0.29) is 10.6 Å². The summed E-state index contributed by atoms with van der Waals surface area (Å²) in [6, 6.07) is 5.41. The van der Waals surface area contributed by atoms with Crippen molar-refractivity contribution in [1.29, 1.82) is 0 Å². The number of non-ortho nitro benzene ring substituents is 1. The number of nitrogens with zero attached hydrogens (tertiary/aromatic N) is 2. The first-order chi connectivity index (χ1) is 9.65. The van der Waals surface area contributed by atoms with Gasteiger partial charge in [-0.15, -0.1) is 0 Å². The van der Waals surface area contributed by atoms with Crippen molar-refractivity contribution in [3.63, 3.8) is 0 Å². The predicted octanol–water partition coefficient (Wildman–Crippen LogP) is 2.64. The topological polar surface area (TPSA) is 84.4 Å². The number of nitro benzene ring substituents is 1. The van der Waals surface area contributed by atoms with Crippen LogP contribution in [0.5, 0.6) is 0 Å². The minimum atomic E-state index is -0.364. The molecule has 0 unspecified atom stereocenters. The van der Waals surface area contributed by atoms with Crippen LogP contribution < -0.4 is 11.3 Å². The number of hydrazine groups is 1. The van der Waals surface area contributed by atoms with Gasteiger partial charge in [-0.1, -0.05) is 13.3 Å². The second kappa shape index (κ2) is 6.67. The number of nitrogens with two attached hydrogens (primary N) is 1. The summed E-state index contributed by atoms with van der Waals surface area (Å²) < 4.78 is 0. The Bertz CT molecular complexity index is 474. The van der Waals surface area contributed by atoms with Crippen molar-refractivity contribution in [2.75, 3.05) is 12.0 Å². The van der Waals surface area contributed by atoms with Gasteiger partial charge >= 0.3 is 0 Å². The smallest absolute Gasteiger partial charge is 0.269 e. The zero-order valence-corrected chi connectivity index (χ0v) is 11.8. The van der Waals surface area contributed by atoms with Crippen LogP contribution in [0.4, 0.5) is 11.4 Å². The summed E-state index contributed by atoms with van der Waals surface area (Å²) in [5.74, 6) is 5.51. The van der Waals surface area contributed by atoms with Crippen LogP contribution >= 0.6 is 0 Å². The standard InChI is InChI=1S/C14H22N4O2/c1-2-3-8-17(12-4-5-12)10-11-9-13(18(19)20)6-7-14(11)16-15/h6-7,9,12,16H,2-5,8,10,15H2,1H3. The second-order valence-corrected chi connectivity index (χ2v) is 5.30. The minimum Gasteiger partial charge on any atom is -0.324 e. The van der Waals surface area contributed by atoms with Crippen LogP contribution in [0.1, 0.15) is 38.2 Å². The molecule has 0 saturated heterocycles. The number of hydrogen-bond donors (Lipinski definition) is 2. The van der Waals surface area contributed by atoms with Gasteiger partial charge in [0, 0.05) is 24.7 Å². The Morgan fingerprint density at radius 1 is 1.50 bits per heavy atom. The van der Waals surface area contributed by atoms with Gasteiger partial charge in [-0.3, -0.25) is 20.9 Å². The maximum atomic E-state index is 10.9. The molecule has 1 aliphatic carbocycles. The van der Waals surface area contributed by atoms with E-state index in [0.717, 1.165) is 30.6 Å². The van der Waals surface area contributed by atoms with Crippen molar-refractivity contribution in [3.05, 3.63) is 33.9 Å². The fourth-order valence-corrected chi connectivity index (χ4v) is 2.38. The molecule has 0 aromatic heterocycles. The SMILES string of the molecule is CCCCN(Cc1cc([N+](=O)[O-])ccc1NN)C1CC1. The van der Waals surface area contributed by atoms with E-state index in [2.05, 4.69) is 17.2 Å². The molecule has 1 fully saturated rings. The second-order valence-electron chi connectivity index (χ2n) is 5.30. The number of nitrogens with one attached hydrogen (secondary N) is 1. The molecule has 0 radical (unpaired) electrons. The minimum absolute atomic E-state index is 0.116. The fourth-order valence-electron chi connectivity index (χ4n) is 2.38. The van der Waals surface area contributed by atoms with Gasteiger partial charge in [0.25, 0.3) is 5.69 Å². The lowest BCUT2D eigenvalue weighted by Crippen LogP contribution is -2.27. The highest BCUT2D eigenvalue weighted by molar-refractivity contribution is 5.55. The van der Waals surface area contributed by atoms with E-state index in [9.17, 15) is 10.1 Å². The average Bonchev–Trinajstić information content (AvgIpc) is 3.27. The molecule has 20 heavy (non-hydrogen) atoms. The van der Waals surface area contributed by atoms with Crippen molar-refractivity contribution >= 4 is 11.4 Å². The molecular weight excluding hydrogens is 256 g/mol. The van der Waals surface area contributed by atoms with E-state index in [1.54, 1.807) is 12.1 Å². The molecule has 0 atom stereocenters.